The molecule has 2 heterocycles. The molecule has 1 N–H and O–H groups in total. The van der Waals surface area contributed by atoms with Gasteiger partial charge in [-0.25, -0.2) is 0 Å². The Morgan fingerprint density at radius 3 is 2.68 bits per heavy atom. The lowest BCUT2D eigenvalue weighted by Crippen LogP contribution is -2.43. The van der Waals surface area contributed by atoms with Crippen molar-refractivity contribution in [1.82, 2.24) is 9.88 Å². The van der Waals surface area contributed by atoms with Gasteiger partial charge in [0.25, 0.3) is 0 Å². The van der Waals surface area contributed by atoms with Crippen molar-refractivity contribution in [3.63, 3.8) is 0 Å². The lowest BCUT2D eigenvalue weighted by molar-refractivity contribution is -0.133. The number of anilines is 1. The van der Waals surface area contributed by atoms with Crippen molar-refractivity contribution in [3.05, 3.63) is 59.9 Å². The number of pyridine rings is 1. The first kappa shape index (κ1) is 16.1. The van der Waals surface area contributed by atoms with Crippen LogP contribution in [0.3, 0.4) is 0 Å². The minimum Gasteiger partial charge on any atom is -0.381 e. The Balaban J connectivity index is 1.30. The van der Waals surface area contributed by atoms with E-state index in [4.69, 9.17) is 0 Å². The monoisotopic (exact) mass is 335 g/mol. The third-order valence-corrected chi connectivity index (χ3v) is 5.53. The number of likely N-dealkylation sites (tertiary alicyclic amines) is 1. The summed E-state index contributed by atoms with van der Waals surface area (Å²) >= 11 is 0. The van der Waals surface area contributed by atoms with Gasteiger partial charge >= 0.3 is 0 Å². The van der Waals surface area contributed by atoms with E-state index in [1.54, 1.807) is 6.20 Å². The van der Waals surface area contributed by atoms with Crippen molar-refractivity contribution in [3.8, 4) is 0 Å². The minimum atomic E-state index is 0.198. The molecule has 0 radical (unpaired) electrons. The normalized spacial score (nSPS) is 23.3. The number of carbonyl (C=O) groups is 1. The van der Waals surface area contributed by atoms with Crippen molar-refractivity contribution in [2.45, 2.75) is 38.1 Å². The van der Waals surface area contributed by atoms with Crippen LogP contribution >= 0.6 is 0 Å². The smallest absolute Gasteiger partial charge is 0.226 e. The van der Waals surface area contributed by atoms with Crippen LogP contribution in [-0.4, -0.2) is 34.9 Å². The zero-order valence-electron chi connectivity index (χ0n) is 14.7. The fourth-order valence-corrected chi connectivity index (χ4v) is 3.98. The molecule has 1 aliphatic carbocycles. The molecule has 4 heteroatoms. The number of rotatable bonds is 4. The summed E-state index contributed by atoms with van der Waals surface area (Å²) in [7, 11) is 0. The molecule has 2 aromatic rings. The molecule has 4 rings (SSSR count). The maximum Gasteiger partial charge on any atom is 0.226 e. The van der Waals surface area contributed by atoms with E-state index in [1.807, 2.05) is 18.3 Å². The number of amides is 1. The summed E-state index contributed by atoms with van der Waals surface area (Å²) in [6, 6.07) is 12.9. The molecular weight excluding hydrogens is 310 g/mol. The summed E-state index contributed by atoms with van der Waals surface area (Å²) < 4.78 is 0. The van der Waals surface area contributed by atoms with Crippen LogP contribution in [0.1, 0.15) is 36.3 Å². The zero-order chi connectivity index (χ0) is 17.2. The number of piperidine rings is 1. The molecule has 2 fully saturated rings. The van der Waals surface area contributed by atoms with Crippen LogP contribution in [0.15, 0.2) is 48.8 Å². The highest BCUT2D eigenvalue weighted by molar-refractivity contribution is 5.83. The molecule has 0 spiro atoms. The fourth-order valence-electron chi connectivity index (χ4n) is 3.98. The molecule has 25 heavy (non-hydrogen) atoms. The van der Waals surface area contributed by atoms with Gasteiger partial charge in [0.05, 0.1) is 5.69 Å². The average Bonchev–Trinajstić information content (AvgIpc) is 3.44. The number of carbonyl (C=O) groups excluding carboxylic acids is 1. The average molecular weight is 335 g/mol. The van der Waals surface area contributed by atoms with E-state index < -0.39 is 0 Å². The van der Waals surface area contributed by atoms with E-state index >= 15 is 0 Å². The second-order valence-electron chi connectivity index (χ2n) is 7.29. The van der Waals surface area contributed by atoms with Gasteiger partial charge in [-0.1, -0.05) is 24.3 Å². The minimum absolute atomic E-state index is 0.198. The lowest BCUT2D eigenvalue weighted by Gasteiger charge is -2.33. The third kappa shape index (κ3) is 3.53. The quantitative estimate of drug-likeness (QED) is 0.928. The Labute approximate surface area is 149 Å². The first-order chi connectivity index (χ1) is 12.2. The van der Waals surface area contributed by atoms with E-state index in [-0.39, 0.29) is 5.92 Å². The molecule has 2 aliphatic rings. The van der Waals surface area contributed by atoms with Crippen LogP contribution in [0.25, 0.3) is 0 Å². The van der Waals surface area contributed by atoms with Gasteiger partial charge in [0.1, 0.15) is 0 Å². The Morgan fingerprint density at radius 2 is 1.96 bits per heavy atom. The molecule has 1 aromatic heterocycles. The highest BCUT2D eigenvalue weighted by atomic mass is 16.2. The molecule has 1 aromatic carbocycles. The van der Waals surface area contributed by atoms with Crippen LogP contribution in [0, 0.1) is 12.8 Å². The van der Waals surface area contributed by atoms with Crippen LogP contribution < -0.4 is 5.32 Å². The molecule has 1 aliphatic heterocycles. The van der Waals surface area contributed by atoms with Gasteiger partial charge in [0, 0.05) is 37.4 Å². The Hall–Kier alpha value is -2.36. The van der Waals surface area contributed by atoms with Gasteiger partial charge in [0.2, 0.25) is 5.91 Å². The maximum absolute atomic E-state index is 12.8. The van der Waals surface area contributed by atoms with Crippen molar-refractivity contribution >= 4 is 11.6 Å². The Kier molecular flexibility index (Phi) is 4.43. The van der Waals surface area contributed by atoms with Crippen LogP contribution in [0.5, 0.6) is 0 Å². The van der Waals surface area contributed by atoms with E-state index in [0.29, 0.717) is 17.9 Å². The van der Waals surface area contributed by atoms with Crippen LogP contribution in [0.4, 0.5) is 5.69 Å². The lowest BCUT2D eigenvalue weighted by atomic mass is 10.0. The first-order valence-corrected chi connectivity index (χ1v) is 9.23. The topological polar surface area (TPSA) is 45.2 Å². The molecule has 4 nitrogen and oxygen atoms in total. The summed E-state index contributed by atoms with van der Waals surface area (Å²) in [6.45, 7) is 3.85. The summed E-state index contributed by atoms with van der Waals surface area (Å²) in [5.74, 6) is 0.983. The second kappa shape index (κ2) is 6.87. The number of nitrogens with zero attached hydrogens (tertiary/aromatic N) is 2. The molecule has 0 unspecified atom stereocenters. The SMILES string of the molecule is Cc1ccccc1[C@@H]1C[C@@H]1C(=O)N1CCC(Nc2cccnc2)CC1. The molecule has 2 atom stereocenters. The maximum atomic E-state index is 12.8. The van der Waals surface area contributed by atoms with Gasteiger partial charge in [-0.2, -0.15) is 0 Å². The molecule has 1 saturated heterocycles. The summed E-state index contributed by atoms with van der Waals surface area (Å²) in [5, 5.41) is 3.53. The summed E-state index contributed by atoms with van der Waals surface area (Å²) in [6.07, 6.45) is 6.66. The standard InChI is InChI=1S/C21H25N3O/c1-15-5-2-3-7-18(15)19-13-20(19)21(25)24-11-8-16(9-12-24)23-17-6-4-10-22-14-17/h2-7,10,14,16,19-20,23H,8-9,11-13H2,1H3/t19-,20-/m0/s1. The fraction of sp³-hybridized carbons (Fsp3) is 0.429. The molecule has 130 valence electrons. The van der Waals surface area contributed by atoms with E-state index in [2.05, 4.69) is 46.4 Å². The Morgan fingerprint density at radius 1 is 1.16 bits per heavy atom. The third-order valence-electron chi connectivity index (χ3n) is 5.53. The summed E-state index contributed by atoms with van der Waals surface area (Å²) in [5.41, 5.74) is 3.73. The van der Waals surface area contributed by atoms with Crippen LogP contribution in [0.2, 0.25) is 0 Å². The highest BCUT2D eigenvalue weighted by Crippen LogP contribution is 2.49. The second-order valence-corrected chi connectivity index (χ2v) is 7.29. The van der Waals surface area contributed by atoms with Crippen molar-refractivity contribution < 1.29 is 4.79 Å². The van der Waals surface area contributed by atoms with Crippen molar-refractivity contribution in [2.24, 2.45) is 5.92 Å². The van der Waals surface area contributed by atoms with E-state index in [0.717, 1.165) is 38.0 Å². The van der Waals surface area contributed by atoms with Crippen molar-refractivity contribution in [1.29, 1.82) is 0 Å². The Bertz CT molecular complexity index is 738. The molecular formula is C21H25N3O. The number of aryl methyl sites for hydroxylation is 1. The largest absolute Gasteiger partial charge is 0.381 e. The van der Waals surface area contributed by atoms with Gasteiger partial charge in [-0.15, -0.1) is 0 Å². The number of aromatic nitrogens is 1. The molecule has 0 bridgehead atoms. The van der Waals surface area contributed by atoms with E-state index in [1.165, 1.54) is 11.1 Å². The number of hydrogen-bond acceptors (Lipinski definition) is 3. The summed E-state index contributed by atoms with van der Waals surface area (Å²) in [4.78, 5) is 19.0. The van der Waals surface area contributed by atoms with Crippen LogP contribution in [-0.2, 0) is 4.79 Å². The zero-order valence-corrected chi connectivity index (χ0v) is 14.7. The highest BCUT2D eigenvalue weighted by Gasteiger charge is 2.46. The predicted molar refractivity (Wildman–Crippen MR) is 99.5 cm³/mol. The van der Waals surface area contributed by atoms with Gasteiger partial charge in [0.15, 0.2) is 0 Å². The number of benzene rings is 1. The molecule has 1 saturated carbocycles. The first-order valence-electron chi connectivity index (χ1n) is 9.23. The number of hydrogen-bond donors (Lipinski definition) is 1. The predicted octanol–water partition coefficient (Wildman–Crippen LogP) is 3.60. The number of nitrogens with one attached hydrogen (secondary N) is 1. The van der Waals surface area contributed by atoms with Gasteiger partial charge in [-0.05, 0) is 55.4 Å². The molecule has 1 amide bonds. The van der Waals surface area contributed by atoms with Crippen molar-refractivity contribution in [2.75, 3.05) is 18.4 Å². The van der Waals surface area contributed by atoms with Gasteiger partial charge in [-0.3, -0.25) is 9.78 Å². The van der Waals surface area contributed by atoms with E-state index in [9.17, 15) is 4.79 Å². The van der Waals surface area contributed by atoms with Gasteiger partial charge < -0.3 is 10.2 Å².